The van der Waals surface area contributed by atoms with E-state index in [9.17, 15) is 14.0 Å². The smallest absolute Gasteiger partial charge is 0.254 e. The van der Waals surface area contributed by atoms with Crippen LogP contribution < -0.4 is 5.56 Å². The number of fused-ring (bicyclic) bond motifs is 1. The summed E-state index contributed by atoms with van der Waals surface area (Å²) in [5, 5.41) is 10.0. The van der Waals surface area contributed by atoms with Gasteiger partial charge in [-0.2, -0.15) is 0 Å². The third kappa shape index (κ3) is 4.41. The van der Waals surface area contributed by atoms with Gasteiger partial charge >= 0.3 is 0 Å². The van der Waals surface area contributed by atoms with Gasteiger partial charge in [0.05, 0.1) is 6.54 Å². The predicted molar refractivity (Wildman–Crippen MR) is 102 cm³/mol. The van der Waals surface area contributed by atoms with E-state index in [4.69, 9.17) is 5.11 Å². The molecule has 3 rings (SSSR count). The summed E-state index contributed by atoms with van der Waals surface area (Å²) >= 11 is 0. The average molecular weight is 368 g/mol. The summed E-state index contributed by atoms with van der Waals surface area (Å²) in [7, 11) is 0. The highest BCUT2D eigenvalue weighted by atomic mass is 19.1. The molecule has 5 nitrogen and oxygen atoms in total. The first-order valence-electron chi connectivity index (χ1n) is 8.76. The lowest BCUT2D eigenvalue weighted by Gasteiger charge is -2.22. The Kier molecular flexibility index (Phi) is 5.66. The molecule has 27 heavy (non-hydrogen) atoms. The molecule has 0 unspecified atom stereocenters. The van der Waals surface area contributed by atoms with E-state index in [2.05, 4.69) is 4.98 Å². The van der Waals surface area contributed by atoms with Crippen molar-refractivity contribution in [1.29, 1.82) is 0 Å². The van der Waals surface area contributed by atoms with E-state index < -0.39 is 5.82 Å². The molecule has 0 aliphatic heterocycles. The topological polar surface area (TPSA) is 73.4 Å². The van der Waals surface area contributed by atoms with Crippen LogP contribution in [0.3, 0.4) is 0 Å². The number of aliphatic hydroxyl groups is 1. The molecule has 0 saturated heterocycles. The zero-order chi connectivity index (χ0) is 19.4. The highest BCUT2D eigenvalue weighted by Gasteiger charge is 2.18. The van der Waals surface area contributed by atoms with Crippen LogP contribution in [0, 0.1) is 12.7 Å². The van der Waals surface area contributed by atoms with Crippen molar-refractivity contribution in [2.75, 3.05) is 13.2 Å². The summed E-state index contributed by atoms with van der Waals surface area (Å²) in [6.07, 6.45) is 0.367. The average Bonchev–Trinajstić information content (AvgIpc) is 2.65. The van der Waals surface area contributed by atoms with Gasteiger partial charge in [0.1, 0.15) is 5.82 Å². The number of hydrogen-bond donors (Lipinski definition) is 2. The highest BCUT2D eigenvalue weighted by Crippen LogP contribution is 2.16. The Morgan fingerprint density at radius 2 is 2.00 bits per heavy atom. The first-order chi connectivity index (χ1) is 13.0. The van der Waals surface area contributed by atoms with Gasteiger partial charge in [0.15, 0.2) is 0 Å². The number of aromatic nitrogens is 1. The lowest BCUT2D eigenvalue weighted by Crippen LogP contribution is -2.34. The molecule has 0 bridgehead atoms. The van der Waals surface area contributed by atoms with Gasteiger partial charge in [-0.05, 0) is 55.1 Å². The lowest BCUT2D eigenvalue weighted by atomic mass is 10.1. The number of rotatable bonds is 6. The predicted octanol–water partition coefficient (Wildman–Crippen LogP) is 3.00. The highest BCUT2D eigenvalue weighted by molar-refractivity contribution is 5.94. The molecule has 2 aromatic carbocycles. The minimum atomic E-state index is -0.498. The van der Waals surface area contributed by atoms with Gasteiger partial charge in [-0.1, -0.05) is 17.7 Å². The second-order valence-electron chi connectivity index (χ2n) is 6.53. The number of aryl methyl sites for hydroxylation is 1. The number of hydrogen-bond acceptors (Lipinski definition) is 3. The summed E-state index contributed by atoms with van der Waals surface area (Å²) in [5.74, 6) is -0.881. The van der Waals surface area contributed by atoms with Gasteiger partial charge in [-0.15, -0.1) is 0 Å². The molecule has 6 heteroatoms. The fourth-order valence-electron chi connectivity index (χ4n) is 3.01. The van der Waals surface area contributed by atoms with E-state index in [1.165, 1.54) is 29.2 Å². The van der Waals surface area contributed by atoms with Crippen LogP contribution in [-0.4, -0.2) is 34.0 Å². The standard InChI is InChI=1S/C21H21FN2O3/c1-14-6-7-19-16(10-14)11-17(20(26)23-19)13-24(8-3-9-25)21(27)15-4-2-5-18(22)12-15/h2,4-7,10-12,25H,3,8-9,13H2,1H3,(H,23,26). The maximum Gasteiger partial charge on any atom is 0.254 e. The van der Waals surface area contributed by atoms with Gasteiger partial charge in [-0.25, -0.2) is 4.39 Å². The van der Waals surface area contributed by atoms with Crippen LogP contribution in [0.2, 0.25) is 0 Å². The number of nitrogens with zero attached hydrogens (tertiary/aromatic N) is 1. The van der Waals surface area contributed by atoms with Crippen LogP contribution in [0.5, 0.6) is 0 Å². The molecule has 2 N–H and O–H groups in total. The zero-order valence-electron chi connectivity index (χ0n) is 15.0. The summed E-state index contributed by atoms with van der Waals surface area (Å²) in [6.45, 7) is 2.22. The van der Waals surface area contributed by atoms with Crippen molar-refractivity contribution < 1.29 is 14.3 Å². The van der Waals surface area contributed by atoms with Crippen LogP contribution in [-0.2, 0) is 6.54 Å². The van der Waals surface area contributed by atoms with Gasteiger partial charge in [-0.3, -0.25) is 9.59 Å². The van der Waals surface area contributed by atoms with Crippen molar-refractivity contribution >= 4 is 16.8 Å². The molecule has 0 aliphatic carbocycles. The number of H-pyrrole nitrogens is 1. The van der Waals surface area contributed by atoms with Crippen molar-refractivity contribution in [3.8, 4) is 0 Å². The van der Waals surface area contributed by atoms with Crippen LogP contribution in [0.15, 0.2) is 53.3 Å². The fraction of sp³-hybridized carbons (Fsp3) is 0.238. The molecule has 0 aliphatic rings. The van der Waals surface area contributed by atoms with E-state index in [0.29, 0.717) is 12.0 Å². The van der Waals surface area contributed by atoms with Crippen LogP contribution in [0.4, 0.5) is 4.39 Å². The monoisotopic (exact) mass is 368 g/mol. The molecule has 1 amide bonds. The van der Waals surface area contributed by atoms with E-state index in [1.54, 1.807) is 6.07 Å². The maximum atomic E-state index is 13.5. The molecular formula is C21H21FN2O3. The maximum absolute atomic E-state index is 13.5. The molecular weight excluding hydrogens is 347 g/mol. The normalized spacial score (nSPS) is 10.9. The molecule has 0 fully saturated rings. The Hall–Kier alpha value is -2.99. The molecule has 140 valence electrons. The first kappa shape index (κ1) is 18.8. The zero-order valence-corrected chi connectivity index (χ0v) is 15.0. The Labute approximate surface area is 156 Å². The number of carbonyl (C=O) groups excluding carboxylic acids is 1. The number of benzene rings is 2. The van der Waals surface area contributed by atoms with Gasteiger partial charge in [0.2, 0.25) is 0 Å². The first-order valence-corrected chi connectivity index (χ1v) is 8.76. The van der Waals surface area contributed by atoms with E-state index >= 15 is 0 Å². The van der Waals surface area contributed by atoms with Crippen molar-refractivity contribution in [1.82, 2.24) is 9.88 Å². The minimum absolute atomic E-state index is 0.0779. The Bertz CT molecular complexity index is 1030. The number of pyridine rings is 1. The van der Waals surface area contributed by atoms with E-state index in [1.807, 2.05) is 25.1 Å². The molecule has 1 aromatic heterocycles. The number of halogens is 1. The molecule has 0 radical (unpaired) electrons. The molecule has 0 atom stereocenters. The SMILES string of the molecule is Cc1ccc2[nH]c(=O)c(CN(CCCO)C(=O)c3cccc(F)c3)cc2c1. The Morgan fingerprint density at radius 1 is 1.19 bits per heavy atom. The van der Waals surface area contributed by atoms with Crippen LogP contribution in [0.25, 0.3) is 10.9 Å². The second kappa shape index (κ2) is 8.14. The quantitative estimate of drug-likeness (QED) is 0.702. The van der Waals surface area contributed by atoms with Crippen molar-refractivity contribution in [3.63, 3.8) is 0 Å². The molecule has 0 saturated carbocycles. The summed E-state index contributed by atoms with van der Waals surface area (Å²) < 4.78 is 13.5. The van der Waals surface area contributed by atoms with E-state index in [-0.39, 0.29) is 36.7 Å². The Balaban J connectivity index is 1.94. The number of aromatic amines is 1. The largest absolute Gasteiger partial charge is 0.396 e. The van der Waals surface area contributed by atoms with Crippen LogP contribution >= 0.6 is 0 Å². The van der Waals surface area contributed by atoms with Crippen molar-refractivity contribution in [3.05, 3.63) is 81.4 Å². The third-order valence-corrected chi connectivity index (χ3v) is 4.38. The number of carbonyl (C=O) groups is 1. The van der Waals surface area contributed by atoms with Gasteiger partial charge in [0.25, 0.3) is 11.5 Å². The lowest BCUT2D eigenvalue weighted by molar-refractivity contribution is 0.0731. The summed E-state index contributed by atoms with van der Waals surface area (Å²) in [4.78, 5) is 29.5. The van der Waals surface area contributed by atoms with Crippen LogP contribution in [0.1, 0.15) is 27.9 Å². The Morgan fingerprint density at radius 3 is 2.74 bits per heavy atom. The van der Waals surface area contributed by atoms with Gasteiger partial charge in [0, 0.05) is 29.8 Å². The summed E-state index contributed by atoms with van der Waals surface area (Å²) in [6, 6.07) is 12.9. The number of amides is 1. The molecule has 3 aromatic rings. The number of nitrogens with one attached hydrogen (secondary N) is 1. The van der Waals surface area contributed by atoms with E-state index in [0.717, 1.165) is 16.5 Å². The summed E-state index contributed by atoms with van der Waals surface area (Å²) in [5.41, 5.74) is 2.17. The second-order valence-corrected chi connectivity index (χ2v) is 6.53. The minimum Gasteiger partial charge on any atom is -0.396 e. The molecule has 0 spiro atoms. The van der Waals surface area contributed by atoms with Crippen molar-refractivity contribution in [2.24, 2.45) is 0 Å². The van der Waals surface area contributed by atoms with Crippen molar-refractivity contribution in [2.45, 2.75) is 19.9 Å². The third-order valence-electron chi connectivity index (χ3n) is 4.38. The van der Waals surface area contributed by atoms with Gasteiger partial charge < -0.3 is 15.0 Å². The molecule has 1 heterocycles. The number of aliphatic hydroxyl groups excluding tert-OH is 1. The fourth-order valence-corrected chi connectivity index (χ4v) is 3.01.